The summed E-state index contributed by atoms with van der Waals surface area (Å²) >= 11 is 0. The maximum absolute atomic E-state index is 8.72. The van der Waals surface area contributed by atoms with Crippen molar-refractivity contribution in [2.75, 3.05) is 39.3 Å². The van der Waals surface area contributed by atoms with Crippen molar-refractivity contribution in [3.63, 3.8) is 0 Å². The first kappa shape index (κ1) is 20.7. The molecule has 144 valence electrons. The predicted octanol–water partition coefficient (Wildman–Crippen LogP) is 4.46. The lowest BCUT2D eigenvalue weighted by Gasteiger charge is -2.34. The average molecular weight is 358 g/mol. The van der Waals surface area contributed by atoms with Gasteiger partial charge in [0.05, 0.1) is 12.7 Å². The zero-order chi connectivity index (χ0) is 18.5. The van der Waals surface area contributed by atoms with E-state index >= 15 is 0 Å². The second kappa shape index (κ2) is 12.7. The van der Waals surface area contributed by atoms with Crippen molar-refractivity contribution in [1.82, 2.24) is 9.80 Å². The molecule has 1 aromatic rings. The van der Waals surface area contributed by atoms with Crippen molar-refractivity contribution >= 4 is 0 Å². The Labute approximate surface area is 159 Å². The molecule has 1 aliphatic rings. The number of benzene rings is 1. The van der Waals surface area contributed by atoms with Gasteiger partial charge >= 0.3 is 0 Å². The lowest BCUT2D eigenvalue weighted by molar-refractivity contribution is 0.128. The summed E-state index contributed by atoms with van der Waals surface area (Å²) < 4.78 is 6.09. The van der Waals surface area contributed by atoms with E-state index in [4.69, 9.17) is 10.00 Å². The Morgan fingerprint density at radius 2 is 1.65 bits per heavy atom. The molecule has 4 heteroatoms. The van der Waals surface area contributed by atoms with E-state index in [1.807, 2.05) is 0 Å². The molecule has 1 aromatic carbocycles. The summed E-state index contributed by atoms with van der Waals surface area (Å²) in [6, 6.07) is 10.7. The van der Waals surface area contributed by atoms with E-state index in [0.717, 1.165) is 58.0 Å². The van der Waals surface area contributed by atoms with Crippen LogP contribution in [0.3, 0.4) is 0 Å². The molecule has 0 aromatic heterocycles. The molecule has 0 aliphatic carbocycles. The van der Waals surface area contributed by atoms with E-state index in [0.29, 0.717) is 6.42 Å². The van der Waals surface area contributed by atoms with E-state index in [2.05, 4.69) is 47.1 Å². The number of hydrogen-bond acceptors (Lipinski definition) is 4. The van der Waals surface area contributed by atoms with Crippen LogP contribution in [-0.4, -0.2) is 49.1 Å². The van der Waals surface area contributed by atoms with Gasteiger partial charge in [-0.25, -0.2) is 0 Å². The first-order chi connectivity index (χ1) is 12.8. The predicted molar refractivity (Wildman–Crippen MR) is 107 cm³/mol. The quantitative estimate of drug-likeness (QED) is 0.518. The Morgan fingerprint density at radius 3 is 2.42 bits per heavy atom. The van der Waals surface area contributed by atoms with Crippen LogP contribution in [0.5, 0.6) is 5.75 Å². The van der Waals surface area contributed by atoms with Gasteiger partial charge in [-0.15, -0.1) is 0 Å². The Balaban J connectivity index is 1.70. The molecule has 0 radical (unpaired) electrons. The van der Waals surface area contributed by atoms with Gasteiger partial charge in [0.25, 0.3) is 0 Å². The van der Waals surface area contributed by atoms with E-state index in [1.165, 1.54) is 37.7 Å². The zero-order valence-electron chi connectivity index (χ0n) is 16.5. The van der Waals surface area contributed by atoms with Gasteiger partial charge in [0, 0.05) is 51.3 Å². The molecule has 0 spiro atoms. The summed E-state index contributed by atoms with van der Waals surface area (Å²) in [6.07, 6.45) is 8.39. The molecule has 0 bridgehead atoms. The van der Waals surface area contributed by atoms with E-state index in [9.17, 15) is 0 Å². The molecule has 4 nitrogen and oxygen atoms in total. The Bertz CT molecular complexity index is 532. The van der Waals surface area contributed by atoms with Gasteiger partial charge in [0.1, 0.15) is 5.75 Å². The molecule has 1 heterocycles. The molecule has 0 saturated carbocycles. The normalized spacial score (nSPS) is 15.7. The van der Waals surface area contributed by atoms with E-state index in [-0.39, 0.29) is 0 Å². The van der Waals surface area contributed by atoms with Gasteiger partial charge in [-0.3, -0.25) is 9.80 Å². The van der Waals surface area contributed by atoms with E-state index < -0.39 is 0 Å². The second-order valence-corrected chi connectivity index (χ2v) is 7.25. The topological polar surface area (TPSA) is 39.5 Å². The van der Waals surface area contributed by atoms with Crippen molar-refractivity contribution in [1.29, 1.82) is 5.26 Å². The first-order valence-corrected chi connectivity index (χ1v) is 10.4. The third-order valence-electron chi connectivity index (χ3n) is 5.13. The molecule has 0 amide bonds. The van der Waals surface area contributed by atoms with Crippen molar-refractivity contribution in [2.45, 2.75) is 58.4 Å². The minimum absolute atomic E-state index is 0.634. The summed E-state index contributed by atoms with van der Waals surface area (Å²) in [6.45, 7) is 9.19. The Kier molecular flexibility index (Phi) is 10.2. The fraction of sp³-hybridized carbons (Fsp3) is 0.682. The summed E-state index contributed by atoms with van der Waals surface area (Å²) in [5.41, 5.74) is 1.30. The van der Waals surface area contributed by atoms with E-state index in [1.54, 1.807) is 0 Å². The molecule has 2 rings (SSSR count). The fourth-order valence-corrected chi connectivity index (χ4v) is 3.46. The van der Waals surface area contributed by atoms with Crippen LogP contribution in [0.4, 0.5) is 0 Å². The van der Waals surface area contributed by atoms with Crippen LogP contribution < -0.4 is 4.74 Å². The number of para-hydroxylation sites is 1. The smallest absolute Gasteiger partial charge is 0.123 e. The summed E-state index contributed by atoms with van der Waals surface area (Å²) in [4.78, 5) is 4.89. The standard InChI is InChI=1S/C22H35N3O/c1-2-3-4-5-6-9-19-26-22-12-8-7-11-21(22)20-25-17-15-24(16-18-25)14-10-13-23/h7-8,11-12H,2-6,9-10,14-20H2,1H3. The highest BCUT2D eigenvalue weighted by Gasteiger charge is 2.17. The van der Waals surface area contributed by atoms with Gasteiger partial charge in [0.2, 0.25) is 0 Å². The molecule has 1 aliphatic heterocycles. The van der Waals surface area contributed by atoms with Crippen LogP contribution in [0.1, 0.15) is 57.4 Å². The molecular weight excluding hydrogens is 322 g/mol. The highest BCUT2D eigenvalue weighted by Crippen LogP contribution is 2.21. The van der Waals surface area contributed by atoms with Gasteiger partial charge in [-0.1, -0.05) is 57.2 Å². The third-order valence-corrected chi connectivity index (χ3v) is 5.13. The van der Waals surface area contributed by atoms with Crippen LogP contribution in [0.25, 0.3) is 0 Å². The Morgan fingerprint density at radius 1 is 0.962 bits per heavy atom. The van der Waals surface area contributed by atoms with Crippen molar-refractivity contribution in [2.24, 2.45) is 0 Å². The highest BCUT2D eigenvalue weighted by atomic mass is 16.5. The maximum atomic E-state index is 8.72. The fourth-order valence-electron chi connectivity index (χ4n) is 3.46. The van der Waals surface area contributed by atoms with Crippen LogP contribution in [-0.2, 0) is 6.54 Å². The molecule has 0 atom stereocenters. The van der Waals surface area contributed by atoms with Crippen LogP contribution in [0.15, 0.2) is 24.3 Å². The lowest BCUT2D eigenvalue weighted by Crippen LogP contribution is -2.46. The monoisotopic (exact) mass is 357 g/mol. The molecule has 0 N–H and O–H groups in total. The van der Waals surface area contributed by atoms with Crippen LogP contribution >= 0.6 is 0 Å². The number of nitriles is 1. The molecular formula is C22H35N3O. The van der Waals surface area contributed by atoms with Gasteiger partial charge in [-0.2, -0.15) is 5.26 Å². The first-order valence-electron chi connectivity index (χ1n) is 10.4. The molecule has 1 saturated heterocycles. The van der Waals surface area contributed by atoms with Crippen LogP contribution in [0, 0.1) is 11.3 Å². The molecule has 0 unspecified atom stereocenters. The van der Waals surface area contributed by atoms with Crippen molar-refractivity contribution in [3.05, 3.63) is 29.8 Å². The average Bonchev–Trinajstić information content (AvgIpc) is 2.68. The number of nitrogens with zero attached hydrogens (tertiary/aromatic N) is 3. The van der Waals surface area contributed by atoms with Crippen molar-refractivity contribution < 1.29 is 4.74 Å². The highest BCUT2D eigenvalue weighted by molar-refractivity contribution is 5.33. The minimum atomic E-state index is 0.634. The second-order valence-electron chi connectivity index (χ2n) is 7.25. The minimum Gasteiger partial charge on any atom is -0.493 e. The number of ether oxygens (including phenoxy) is 1. The number of rotatable bonds is 12. The summed E-state index contributed by atoms with van der Waals surface area (Å²) in [5, 5.41) is 8.72. The Hall–Kier alpha value is -1.57. The summed E-state index contributed by atoms with van der Waals surface area (Å²) in [5.74, 6) is 1.05. The number of unbranched alkanes of at least 4 members (excludes halogenated alkanes) is 5. The number of hydrogen-bond donors (Lipinski definition) is 0. The molecule has 26 heavy (non-hydrogen) atoms. The lowest BCUT2D eigenvalue weighted by atomic mass is 10.1. The van der Waals surface area contributed by atoms with Crippen molar-refractivity contribution in [3.8, 4) is 11.8 Å². The SMILES string of the molecule is CCCCCCCCOc1ccccc1CN1CCN(CCC#N)CC1. The van der Waals surface area contributed by atoms with Gasteiger partial charge in [0.15, 0.2) is 0 Å². The maximum Gasteiger partial charge on any atom is 0.123 e. The largest absolute Gasteiger partial charge is 0.493 e. The van der Waals surface area contributed by atoms with Crippen LogP contribution in [0.2, 0.25) is 0 Å². The van der Waals surface area contributed by atoms with Gasteiger partial charge < -0.3 is 4.74 Å². The molecule has 1 fully saturated rings. The third kappa shape index (κ3) is 7.76. The zero-order valence-corrected chi connectivity index (χ0v) is 16.5. The van der Waals surface area contributed by atoms with Gasteiger partial charge in [-0.05, 0) is 12.5 Å². The summed E-state index contributed by atoms with van der Waals surface area (Å²) in [7, 11) is 0. The number of piperazine rings is 1.